The molecular weight excluding hydrogens is 303 g/mol. The van der Waals surface area contributed by atoms with E-state index in [4.69, 9.17) is 4.74 Å². The normalized spacial score (nSPS) is 10.6. The fourth-order valence-electron chi connectivity index (χ4n) is 1.95. The first-order valence-corrected chi connectivity index (χ1v) is 7.55. The third-order valence-corrected chi connectivity index (χ3v) is 4.03. The summed E-state index contributed by atoms with van der Waals surface area (Å²) < 4.78 is 19.9. The van der Waals surface area contributed by atoms with Gasteiger partial charge in [-0.3, -0.25) is 0 Å². The average Bonchev–Trinajstić information content (AvgIpc) is 3.02. The largest absolute Gasteiger partial charge is 0.494 e. The summed E-state index contributed by atoms with van der Waals surface area (Å²) in [6, 6.07) is 13.9. The van der Waals surface area contributed by atoms with Crippen LogP contribution in [0.2, 0.25) is 0 Å². The molecule has 5 nitrogen and oxygen atoms in total. The quantitative estimate of drug-likeness (QED) is 0.677. The molecule has 112 valence electrons. The summed E-state index contributed by atoms with van der Waals surface area (Å²) in [7, 11) is 1.61. The van der Waals surface area contributed by atoms with E-state index in [1.165, 1.54) is 23.9 Å². The van der Waals surface area contributed by atoms with Crippen LogP contribution in [0.1, 0.15) is 5.56 Å². The zero-order valence-electron chi connectivity index (χ0n) is 11.8. The molecule has 0 unspecified atom stereocenters. The van der Waals surface area contributed by atoms with Gasteiger partial charge in [0.1, 0.15) is 17.3 Å². The molecule has 0 saturated carbocycles. The number of tetrazole rings is 1. The average molecular weight is 316 g/mol. The lowest BCUT2D eigenvalue weighted by Gasteiger charge is -2.08. The Morgan fingerprint density at radius 2 is 1.91 bits per heavy atom. The van der Waals surface area contributed by atoms with Crippen LogP contribution in [-0.4, -0.2) is 27.3 Å². The smallest absolute Gasteiger partial charge is 0.214 e. The van der Waals surface area contributed by atoms with Crippen molar-refractivity contribution in [1.29, 1.82) is 0 Å². The molecular formula is C15H13FN4OS. The standard InChI is InChI=1S/C15H13FN4OS/c1-21-14-5-3-2-4-13(14)20-15(17-18-19-20)22-10-11-6-8-12(16)9-7-11/h2-9H,10H2,1H3. The van der Waals surface area contributed by atoms with Crippen molar-refractivity contribution in [3.8, 4) is 11.4 Å². The zero-order valence-corrected chi connectivity index (χ0v) is 12.6. The van der Waals surface area contributed by atoms with Gasteiger partial charge in [-0.2, -0.15) is 4.68 Å². The fourth-order valence-corrected chi connectivity index (χ4v) is 2.79. The number of hydrogen-bond donors (Lipinski definition) is 0. The lowest BCUT2D eigenvalue weighted by atomic mass is 10.2. The minimum Gasteiger partial charge on any atom is -0.494 e. The maximum atomic E-state index is 12.9. The fraction of sp³-hybridized carbons (Fsp3) is 0.133. The second-order valence-electron chi connectivity index (χ2n) is 4.46. The maximum absolute atomic E-state index is 12.9. The van der Waals surface area contributed by atoms with Gasteiger partial charge < -0.3 is 4.74 Å². The monoisotopic (exact) mass is 316 g/mol. The van der Waals surface area contributed by atoms with Gasteiger partial charge in [-0.05, 0) is 40.3 Å². The van der Waals surface area contributed by atoms with Crippen LogP contribution in [0.25, 0.3) is 5.69 Å². The Labute approximate surface area is 131 Å². The Balaban J connectivity index is 1.81. The minimum absolute atomic E-state index is 0.243. The Morgan fingerprint density at radius 1 is 1.14 bits per heavy atom. The number of aromatic nitrogens is 4. The highest BCUT2D eigenvalue weighted by Gasteiger charge is 2.12. The number of hydrogen-bond acceptors (Lipinski definition) is 5. The van der Waals surface area contributed by atoms with Gasteiger partial charge in [-0.15, -0.1) is 5.10 Å². The molecule has 1 heterocycles. The van der Waals surface area contributed by atoms with Crippen LogP contribution in [0.4, 0.5) is 4.39 Å². The topological polar surface area (TPSA) is 52.8 Å². The number of nitrogens with zero attached hydrogens (tertiary/aromatic N) is 4. The summed E-state index contributed by atoms with van der Waals surface area (Å²) in [6.07, 6.45) is 0. The molecule has 1 aromatic heterocycles. The lowest BCUT2D eigenvalue weighted by Crippen LogP contribution is -2.01. The van der Waals surface area contributed by atoms with E-state index in [1.54, 1.807) is 23.9 Å². The SMILES string of the molecule is COc1ccccc1-n1nnnc1SCc1ccc(F)cc1. The van der Waals surface area contributed by atoms with Crippen molar-refractivity contribution < 1.29 is 9.13 Å². The molecule has 0 aliphatic rings. The molecule has 0 aliphatic carbocycles. The highest BCUT2D eigenvalue weighted by Crippen LogP contribution is 2.27. The third kappa shape index (κ3) is 3.09. The number of halogens is 1. The first-order chi connectivity index (χ1) is 10.8. The van der Waals surface area contributed by atoms with Gasteiger partial charge in [0, 0.05) is 5.75 Å². The molecule has 0 radical (unpaired) electrons. The molecule has 0 amide bonds. The summed E-state index contributed by atoms with van der Waals surface area (Å²) in [5.41, 5.74) is 1.78. The number of thioether (sulfide) groups is 1. The highest BCUT2D eigenvalue weighted by atomic mass is 32.2. The van der Waals surface area contributed by atoms with Gasteiger partial charge in [-0.1, -0.05) is 36.0 Å². The van der Waals surface area contributed by atoms with Crippen LogP contribution in [0.15, 0.2) is 53.7 Å². The first-order valence-electron chi connectivity index (χ1n) is 6.57. The number of benzene rings is 2. The van der Waals surface area contributed by atoms with E-state index in [0.717, 1.165) is 11.3 Å². The third-order valence-electron chi connectivity index (χ3n) is 3.04. The highest BCUT2D eigenvalue weighted by molar-refractivity contribution is 7.98. The van der Waals surface area contributed by atoms with Crippen LogP contribution < -0.4 is 4.74 Å². The van der Waals surface area contributed by atoms with Gasteiger partial charge in [0.25, 0.3) is 0 Å². The van der Waals surface area contributed by atoms with Gasteiger partial charge in [-0.25, -0.2) is 4.39 Å². The number of methoxy groups -OCH3 is 1. The van der Waals surface area contributed by atoms with Crippen molar-refractivity contribution in [1.82, 2.24) is 20.2 Å². The van der Waals surface area contributed by atoms with Gasteiger partial charge >= 0.3 is 0 Å². The molecule has 0 saturated heterocycles. The molecule has 0 aliphatic heterocycles. The van der Waals surface area contributed by atoms with Crippen LogP contribution >= 0.6 is 11.8 Å². The van der Waals surface area contributed by atoms with Crippen LogP contribution in [0.5, 0.6) is 5.75 Å². The molecule has 2 aromatic carbocycles. The van der Waals surface area contributed by atoms with E-state index >= 15 is 0 Å². The molecule has 0 atom stereocenters. The Kier molecular flexibility index (Phi) is 4.34. The first kappa shape index (κ1) is 14.5. The summed E-state index contributed by atoms with van der Waals surface area (Å²) in [6.45, 7) is 0. The Morgan fingerprint density at radius 3 is 2.68 bits per heavy atom. The number of ether oxygens (including phenoxy) is 1. The van der Waals surface area contributed by atoms with Gasteiger partial charge in [0.15, 0.2) is 0 Å². The van der Waals surface area contributed by atoms with Crippen molar-refractivity contribution in [2.24, 2.45) is 0 Å². The van der Waals surface area contributed by atoms with E-state index in [1.807, 2.05) is 24.3 Å². The number of rotatable bonds is 5. The molecule has 3 rings (SSSR count). The van der Waals surface area contributed by atoms with Gasteiger partial charge in [0.05, 0.1) is 7.11 Å². The van der Waals surface area contributed by atoms with Crippen molar-refractivity contribution in [2.75, 3.05) is 7.11 Å². The molecule has 0 spiro atoms. The van der Waals surface area contributed by atoms with E-state index in [9.17, 15) is 4.39 Å². The molecule has 7 heteroatoms. The van der Waals surface area contributed by atoms with E-state index in [0.29, 0.717) is 16.7 Å². The molecule has 3 aromatic rings. The Hall–Kier alpha value is -2.41. The Bertz CT molecular complexity index is 760. The second-order valence-corrected chi connectivity index (χ2v) is 5.40. The van der Waals surface area contributed by atoms with E-state index in [2.05, 4.69) is 15.5 Å². The van der Waals surface area contributed by atoms with Crippen molar-refractivity contribution in [3.63, 3.8) is 0 Å². The summed E-state index contributed by atoms with van der Waals surface area (Å²) >= 11 is 1.48. The van der Waals surface area contributed by atoms with Crippen LogP contribution in [0.3, 0.4) is 0 Å². The van der Waals surface area contributed by atoms with E-state index in [-0.39, 0.29) is 5.82 Å². The summed E-state index contributed by atoms with van der Waals surface area (Å²) in [4.78, 5) is 0. The second kappa shape index (κ2) is 6.57. The lowest BCUT2D eigenvalue weighted by molar-refractivity contribution is 0.410. The number of para-hydroxylation sites is 2. The van der Waals surface area contributed by atoms with Crippen LogP contribution in [-0.2, 0) is 5.75 Å². The predicted octanol–water partition coefficient (Wildman–Crippen LogP) is 3.10. The van der Waals surface area contributed by atoms with Crippen molar-refractivity contribution in [3.05, 3.63) is 59.9 Å². The molecule has 0 fully saturated rings. The van der Waals surface area contributed by atoms with E-state index < -0.39 is 0 Å². The van der Waals surface area contributed by atoms with Crippen molar-refractivity contribution in [2.45, 2.75) is 10.9 Å². The molecule has 22 heavy (non-hydrogen) atoms. The van der Waals surface area contributed by atoms with Crippen LogP contribution in [0, 0.1) is 5.82 Å². The maximum Gasteiger partial charge on any atom is 0.214 e. The minimum atomic E-state index is -0.243. The summed E-state index contributed by atoms with van der Waals surface area (Å²) in [5, 5.41) is 12.4. The predicted molar refractivity (Wildman–Crippen MR) is 81.7 cm³/mol. The molecule has 0 bridgehead atoms. The zero-order chi connectivity index (χ0) is 15.4. The molecule has 0 N–H and O–H groups in total. The van der Waals surface area contributed by atoms with Crippen molar-refractivity contribution >= 4 is 11.8 Å². The van der Waals surface area contributed by atoms with Gasteiger partial charge in [0.2, 0.25) is 5.16 Å². The summed E-state index contributed by atoms with van der Waals surface area (Å²) in [5.74, 6) is 1.10.